The van der Waals surface area contributed by atoms with Gasteiger partial charge in [0, 0.05) is 22.6 Å². The molecule has 0 fully saturated rings. The van der Waals surface area contributed by atoms with E-state index in [0.717, 1.165) is 31.6 Å². The molecule has 0 bridgehead atoms. The van der Waals surface area contributed by atoms with Crippen LogP contribution in [0, 0.1) is 0 Å². The summed E-state index contributed by atoms with van der Waals surface area (Å²) in [6.45, 7) is 5.26. The molecule has 0 spiro atoms. The quantitative estimate of drug-likeness (QED) is 0.778. The molecule has 1 aromatic rings. The molecule has 0 heterocycles. The normalized spacial score (nSPS) is 23.3. The average Bonchev–Trinajstić information content (AvgIpc) is 2.48. The Morgan fingerprint density at radius 3 is 2.80 bits per heavy atom. The summed E-state index contributed by atoms with van der Waals surface area (Å²) in [5.74, 6) is 0.864. The van der Waals surface area contributed by atoms with Crippen LogP contribution in [0.15, 0.2) is 24.3 Å². The fourth-order valence-corrected chi connectivity index (χ4v) is 4.84. The van der Waals surface area contributed by atoms with Crippen molar-refractivity contribution in [2.24, 2.45) is 0 Å². The molecule has 0 radical (unpaired) electrons. The first-order chi connectivity index (χ1) is 9.77. The van der Waals surface area contributed by atoms with Gasteiger partial charge in [-0.3, -0.25) is 4.21 Å². The van der Waals surface area contributed by atoms with Crippen molar-refractivity contribution in [1.82, 2.24) is 5.32 Å². The summed E-state index contributed by atoms with van der Waals surface area (Å²) in [5.41, 5.74) is 2.80. The van der Waals surface area contributed by atoms with E-state index < -0.39 is 10.8 Å². The third-order valence-electron chi connectivity index (χ3n) is 4.17. The van der Waals surface area contributed by atoms with Gasteiger partial charge in [0.25, 0.3) is 0 Å². The van der Waals surface area contributed by atoms with Crippen LogP contribution in [0.5, 0.6) is 0 Å². The van der Waals surface area contributed by atoms with Crippen molar-refractivity contribution < 1.29 is 4.21 Å². The lowest BCUT2D eigenvalue weighted by molar-refractivity contribution is 0.474. The zero-order valence-electron chi connectivity index (χ0n) is 12.7. The van der Waals surface area contributed by atoms with E-state index in [4.69, 9.17) is 0 Å². The number of hydrogen-bond acceptors (Lipinski definition) is 2. The molecule has 1 aliphatic rings. The molecule has 0 amide bonds. The molecule has 1 aromatic carbocycles. The molecule has 1 N–H and O–H groups in total. The van der Waals surface area contributed by atoms with E-state index in [2.05, 4.69) is 43.4 Å². The standard InChI is InChI=1S/C17H27NOS/c1-3-5-8-13-20(19)16-12-11-14-9-6-7-10-15(14)17(16)18-4-2/h6-7,9-10,16-18H,3-5,8,11-13H2,1-2H3. The van der Waals surface area contributed by atoms with E-state index in [1.54, 1.807) is 0 Å². The number of rotatable bonds is 7. The van der Waals surface area contributed by atoms with Gasteiger partial charge < -0.3 is 5.32 Å². The van der Waals surface area contributed by atoms with Gasteiger partial charge in [-0.2, -0.15) is 0 Å². The first-order valence-corrected chi connectivity index (χ1v) is 9.34. The first-order valence-electron chi connectivity index (χ1n) is 7.96. The number of benzene rings is 1. The Labute approximate surface area is 125 Å². The van der Waals surface area contributed by atoms with Crippen LogP contribution in [0.3, 0.4) is 0 Å². The second-order valence-electron chi connectivity index (χ2n) is 5.60. The highest BCUT2D eigenvalue weighted by atomic mass is 32.2. The van der Waals surface area contributed by atoms with Crippen molar-refractivity contribution in [2.45, 2.75) is 57.2 Å². The van der Waals surface area contributed by atoms with Crippen molar-refractivity contribution in [3.05, 3.63) is 35.4 Å². The summed E-state index contributed by atoms with van der Waals surface area (Å²) in [7, 11) is -0.709. The molecule has 3 unspecified atom stereocenters. The summed E-state index contributed by atoms with van der Waals surface area (Å²) in [5, 5.41) is 3.85. The third-order valence-corrected chi connectivity index (χ3v) is 6.05. The van der Waals surface area contributed by atoms with Gasteiger partial charge in [0.1, 0.15) is 0 Å². The molecular weight excluding hydrogens is 266 g/mol. The van der Waals surface area contributed by atoms with Gasteiger partial charge in [0.15, 0.2) is 0 Å². The Kier molecular flexibility index (Phi) is 6.24. The fourth-order valence-electron chi connectivity index (χ4n) is 3.12. The molecule has 3 heteroatoms. The van der Waals surface area contributed by atoms with Gasteiger partial charge in [0.2, 0.25) is 0 Å². The molecular formula is C17H27NOS. The van der Waals surface area contributed by atoms with Crippen LogP contribution in [-0.2, 0) is 17.2 Å². The van der Waals surface area contributed by atoms with Gasteiger partial charge in [-0.05, 0) is 36.9 Å². The Morgan fingerprint density at radius 1 is 1.25 bits per heavy atom. The zero-order chi connectivity index (χ0) is 14.4. The van der Waals surface area contributed by atoms with E-state index in [-0.39, 0.29) is 11.3 Å². The van der Waals surface area contributed by atoms with E-state index >= 15 is 0 Å². The van der Waals surface area contributed by atoms with E-state index in [0.29, 0.717) is 0 Å². The highest BCUT2D eigenvalue weighted by molar-refractivity contribution is 7.85. The predicted molar refractivity (Wildman–Crippen MR) is 87.5 cm³/mol. The highest BCUT2D eigenvalue weighted by Gasteiger charge is 2.32. The summed E-state index contributed by atoms with van der Waals surface area (Å²) in [6, 6.07) is 8.91. The van der Waals surface area contributed by atoms with Crippen molar-refractivity contribution in [1.29, 1.82) is 0 Å². The maximum absolute atomic E-state index is 12.6. The molecule has 2 rings (SSSR count). The lowest BCUT2D eigenvalue weighted by Crippen LogP contribution is -2.39. The Bertz CT molecular complexity index is 446. The Hall–Kier alpha value is -0.670. The molecule has 0 aromatic heterocycles. The van der Waals surface area contributed by atoms with Crippen LogP contribution in [0.2, 0.25) is 0 Å². The zero-order valence-corrected chi connectivity index (χ0v) is 13.5. The van der Waals surface area contributed by atoms with Crippen LogP contribution in [0.1, 0.15) is 56.7 Å². The Balaban J connectivity index is 2.11. The van der Waals surface area contributed by atoms with Crippen molar-refractivity contribution in [3.63, 3.8) is 0 Å². The fraction of sp³-hybridized carbons (Fsp3) is 0.647. The van der Waals surface area contributed by atoms with E-state index in [1.807, 2.05) is 0 Å². The highest BCUT2D eigenvalue weighted by Crippen LogP contribution is 2.33. The minimum Gasteiger partial charge on any atom is -0.309 e. The number of nitrogens with one attached hydrogen (secondary N) is 1. The topological polar surface area (TPSA) is 29.1 Å². The van der Waals surface area contributed by atoms with Crippen molar-refractivity contribution in [2.75, 3.05) is 12.3 Å². The van der Waals surface area contributed by atoms with Gasteiger partial charge in [-0.25, -0.2) is 0 Å². The van der Waals surface area contributed by atoms with Crippen molar-refractivity contribution in [3.8, 4) is 0 Å². The average molecular weight is 293 g/mol. The first kappa shape index (κ1) is 15.7. The minimum atomic E-state index is -0.709. The summed E-state index contributed by atoms with van der Waals surface area (Å²) < 4.78 is 12.6. The smallest absolute Gasteiger partial charge is 0.0546 e. The third kappa shape index (κ3) is 3.70. The van der Waals surface area contributed by atoms with E-state index in [9.17, 15) is 4.21 Å². The van der Waals surface area contributed by atoms with Crippen LogP contribution in [0.25, 0.3) is 0 Å². The van der Waals surface area contributed by atoms with Gasteiger partial charge >= 0.3 is 0 Å². The van der Waals surface area contributed by atoms with Gasteiger partial charge in [0.05, 0.1) is 5.25 Å². The molecule has 20 heavy (non-hydrogen) atoms. The number of aryl methyl sites for hydroxylation is 1. The maximum Gasteiger partial charge on any atom is 0.0546 e. The second-order valence-corrected chi connectivity index (χ2v) is 7.38. The van der Waals surface area contributed by atoms with Crippen LogP contribution in [-0.4, -0.2) is 21.8 Å². The Morgan fingerprint density at radius 2 is 2.05 bits per heavy atom. The molecule has 3 atom stereocenters. The molecule has 112 valence electrons. The molecule has 1 aliphatic carbocycles. The lowest BCUT2D eigenvalue weighted by Gasteiger charge is -2.33. The monoisotopic (exact) mass is 293 g/mol. The predicted octanol–water partition coefficient (Wildman–Crippen LogP) is 3.59. The summed E-state index contributed by atoms with van der Waals surface area (Å²) in [4.78, 5) is 0. The molecule has 0 aliphatic heterocycles. The van der Waals surface area contributed by atoms with Crippen LogP contribution < -0.4 is 5.32 Å². The largest absolute Gasteiger partial charge is 0.309 e. The van der Waals surface area contributed by atoms with Gasteiger partial charge in [-0.1, -0.05) is 51.0 Å². The van der Waals surface area contributed by atoms with Crippen LogP contribution in [0.4, 0.5) is 0 Å². The lowest BCUT2D eigenvalue weighted by atomic mass is 9.87. The number of unbranched alkanes of at least 4 members (excludes halogenated alkanes) is 2. The number of fused-ring (bicyclic) bond motifs is 1. The van der Waals surface area contributed by atoms with Gasteiger partial charge in [-0.15, -0.1) is 0 Å². The second kappa shape index (κ2) is 7.94. The minimum absolute atomic E-state index is 0.271. The van der Waals surface area contributed by atoms with Crippen LogP contribution >= 0.6 is 0 Å². The molecule has 0 saturated heterocycles. The number of hydrogen-bond donors (Lipinski definition) is 1. The van der Waals surface area contributed by atoms with Crippen molar-refractivity contribution >= 4 is 10.8 Å². The molecule has 2 nitrogen and oxygen atoms in total. The van der Waals surface area contributed by atoms with E-state index in [1.165, 1.54) is 24.0 Å². The summed E-state index contributed by atoms with van der Waals surface area (Å²) >= 11 is 0. The maximum atomic E-state index is 12.6. The molecule has 0 saturated carbocycles. The SMILES string of the molecule is CCCCCS(=O)C1CCc2ccccc2C1NCC. The summed E-state index contributed by atoms with van der Waals surface area (Å²) in [6.07, 6.45) is 5.61.